The Balaban J connectivity index is 2.48. The lowest BCUT2D eigenvalue weighted by Gasteiger charge is -2.12. The fourth-order valence-electron chi connectivity index (χ4n) is 1.69. The first-order valence-corrected chi connectivity index (χ1v) is 6.12. The van der Waals surface area contributed by atoms with E-state index in [-0.39, 0.29) is 0 Å². The molecule has 0 saturated heterocycles. The zero-order chi connectivity index (χ0) is 13.3. The minimum absolute atomic E-state index is 0.394. The quantitative estimate of drug-likeness (QED) is 0.810. The van der Waals surface area contributed by atoms with E-state index in [9.17, 15) is 13.2 Å². The molecule has 2 aromatic rings. The number of alkyl halides is 3. The number of halogens is 4. The van der Waals surface area contributed by atoms with E-state index < -0.39 is 11.7 Å². The van der Waals surface area contributed by atoms with Crippen LogP contribution < -0.4 is 0 Å². The summed E-state index contributed by atoms with van der Waals surface area (Å²) in [7, 11) is 0. The molecule has 0 atom stereocenters. The highest BCUT2D eigenvalue weighted by molar-refractivity contribution is 9.10. The van der Waals surface area contributed by atoms with Crippen LogP contribution in [-0.4, -0.2) is 9.55 Å². The van der Waals surface area contributed by atoms with Crippen molar-refractivity contribution in [3.63, 3.8) is 0 Å². The third-order valence-corrected chi connectivity index (χ3v) is 3.20. The molecular formula is C12H10BrF3N2. The molecular weight excluding hydrogens is 309 g/mol. The van der Waals surface area contributed by atoms with Gasteiger partial charge in [-0.15, -0.1) is 0 Å². The Morgan fingerprint density at radius 2 is 2.06 bits per heavy atom. The molecule has 0 fully saturated rings. The van der Waals surface area contributed by atoms with Crippen molar-refractivity contribution in [1.82, 2.24) is 9.55 Å². The van der Waals surface area contributed by atoms with Crippen LogP contribution in [0.4, 0.5) is 13.2 Å². The molecule has 18 heavy (non-hydrogen) atoms. The summed E-state index contributed by atoms with van der Waals surface area (Å²) >= 11 is 3.18. The first-order valence-electron chi connectivity index (χ1n) is 5.33. The van der Waals surface area contributed by atoms with Gasteiger partial charge in [-0.05, 0) is 34.1 Å². The molecule has 1 aromatic heterocycles. The maximum absolute atomic E-state index is 12.5. The Morgan fingerprint density at radius 3 is 2.61 bits per heavy atom. The molecule has 1 aromatic carbocycles. The van der Waals surface area contributed by atoms with Crippen molar-refractivity contribution in [2.24, 2.45) is 0 Å². The van der Waals surface area contributed by atoms with Gasteiger partial charge < -0.3 is 4.57 Å². The van der Waals surface area contributed by atoms with Crippen LogP contribution >= 0.6 is 15.9 Å². The highest BCUT2D eigenvalue weighted by Crippen LogP contribution is 2.33. The number of nitrogens with zero attached hydrogens (tertiary/aromatic N) is 2. The zero-order valence-corrected chi connectivity index (χ0v) is 11.1. The molecule has 0 radical (unpaired) electrons. The Morgan fingerprint density at radius 1 is 1.33 bits per heavy atom. The van der Waals surface area contributed by atoms with Crippen molar-refractivity contribution in [2.75, 3.05) is 0 Å². The molecule has 2 nitrogen and oxygen atoms in total. The fourth-order valence-corrected chi connectivity index (χ4v) is 2.26. The highest BCUT2D eigenvalue weighted by Gasteiger charge is 2.30. The van der Waals surface area contributed by atoms with Gasteiger partial charge in [0.1, 0.15) is 5.82 Å². The van der Waals surface area contributed by atoms with E-state index in [0.717, 1.165) is 18.0 Å². The maximum Gasteiger partial charge on any atom is 0.416 e. The smallest absolute Gasteiger partial charge is 0.303 e. The van der Waals surface area contributed by atoms with Gasteiger partial charge in [-0.2, -0.15) is 13.2 Å². The molecule has 0 aliphatic heterocycles. The number of rotatable bonds is 2. The Kier molecular flexibility index (Phi) is 3.47. The molecule has 0 spiro atoms. The summed E-state index contributed by atoms with van der Waals surface area (Å²) in [5.41, 5.74) is -0.0198. The van der Waals surface area contributed by atoms with Crippen LogP contribution in [0, 0.1) is 0 Å². The lowest BCUT2D eigenvalue weighted by molar-refractivity contribution is -0.137. The molecule has 96 valence electrons. The molecule has 0 N–H and O–H groups in total. The molecule has 0 amide bonds. The SMILES string of the molecule is CCc1nccn1-c1ccc(C(F)(F)F)cc1Br. The van der Waals surface area contributed by atoms with E-state index in [0.29, 0.717) is 16.6 Å². The Bertz CT molecular complexity index is 561. The fraction of sp³-hybridized carbons (Fsp3) is 0.250. The van der Waals surface area contributed by atoms with E-state index in [4.69, 9.17) is 0 Å². The van der Waals surface area contributed by atoms with Crippen LogP contribution in [0.3, 0.4) is 0 Å². The van der Waals surface area contributed by atoms with E-state index in [2.05, 4.69) is 20.9 Å². The summed E-state index contributed by atoms with van der Waals surface area (Å²) in [5.74, 6) is 0.801. The third-order valence-electron chi connectivity index (χ3n) is 2.57. The van der Waals surface area contributed by atoms with Crippen molar-refractivity contribution in [3.8, 4) is 5.69 Å². The highest BCUT2D eigenvalue weighted by atomic mass is 79.9. The average Bonchev–Trinajstić information content (AvgIpc) is 2.75. The van der Waals surface area contributed by atoms with Crippen LogP contribution in [0.2, 0.25) is 0 Å². The minimum Gasteiger partial charge on any atom is -0.303 e. The van der Waals surface area contributed by atoms with Crippen LogP contribution in [0.5, 0.6) is 0 Å². The van der Waals surface area contributed by atoms with Crippen molar-refractivity contribution >= 4 is 15.9 Å². The topological polar surface area (TPSA) is 17.8 Å². The first kappa shape index (κ1) is 13.1. The van der Waals surface area contributed by atoms with Crippen LogP contribution in [0.15, 0.2) is 35.1 Å². The molecule has 6 heteroatoms. The summed E-state index contributed by atoms with van der Waals surface area (Å²) in [6, 6.07) is 3.59. The lowest BCUT2D eigenvalue weighted by Crippen LogP contribution is -2.06. The van der Waals surface area contributed by atoms with Gasteiger partial charge >= 0.3 is 6.18 Å². The van der Waals surface area contributed by atoms with E-state index in [1.165, 1.54) is 6.07 Å². The zero-order valence-electron chi connectivity index (χ0n) is 9.50. The molecule has 1 heterocycles. The standard InChI is InChI=1S/C12H10BrF3N2/c1-2-11-17-5-6-18(11)10-4-3-8(7-9(10)13)12(14,15)16/h3-7H,2H2,1H3. The average molecular weight is 319 g/mol. The van der Waals surface area contributed by atoms with Crippen LogP contribution in [-0.2, 0) is 12.6 Å². The number of hydrogen-bond donors (Lipinski definition) is 0. The summed E-state index contributed by atoms with van der Waals surface area (Å²) < 4.78 is 39.8. The molecule has 0 bridgehead atoms. The largest absolute Gasteiger partial charge is 0.416 e. The van der Waals surface area contributed by atoms with Crippen molar-refractivity contribution in [3.05, 3.63) is 46.5 Å². The second-order valence-corrected chi connectivity index (χ2v) is 4.59. The minimum atomic E-state index is -4.33. The predicted molar refractivity (Wildman–Crippen MR) is 65.6 cm³/mol. The molecule has 2 rings (SSSR count). The van der Waals surface area contributed by atoms with Gasteiger partial charge in [-0.1, -0.05) is 6.92 Å². The van der Waals surface area contributed by atoms with Gasteiger partial charge in [0.15, 0.2) is 0 Å². The summed E-state index contributed by atoms with van der Waals surface area (Å²) in [5, 5.41) is 0. The van der Waals surface area contributed by atoms with Gasteiger partial charge in [0.25, 0.3) is 0 Å². The summed E-state index contributed by atoms with van der Waals surface area (Å²) in [6.07, 6.45) is -0.265. The number of aryl methyl sites for hydroxylation is 1. The van der Waals surface area contributed by atoms with Crippen LogP contribution in [0.1, 0.15) is 18.3 Å². The number of benzene rings is 1. The lowest BCUT2D eigenvalue weighted by atomic mass is 10.2. The third kappa shape index (κ3) is 2.43. The molecule has 0 saturated carbocycles. The van der Waals surface area contributed by atoms with Crippen molar-refractivity contribution < 1.29 is 13.2 Å². The second kappa shape index (κ2) is 4.76. The predicted octanol–water partition coefficient (Wildman–Crippen LogP) is 4.22. The monoisotopic (exact) mass is 318 g/mol. The number of hydrogen-bond acceptors (Lipinski definition) is 1. The van der Waals surface area contributed by atoms with Gasteiger partial charge in [0.2, 0.25) is 0 Å². The van der Waals surface area contributed by atoms with E-state index in [1.807, 2.05) is 6.92 Å². The van der Waals surface area contributed by atoms with Gasteiger partial charge in [0, 0.05) is 23.3 Å². The van der Waals surface area contributed by atoms with Gasteiger partial charge in [0.05, 0.1) is 11.3 Å². The van der Waals surface area contributed by atoms with Gasteiger partial charge in [-0.25, -0.2) is 4.98 Å². The number of aromatic nitrogens is 2. The molecule has 0 aliphatic rings. The Labute approximate surface area is 111 Å². The Hall–Kier alpha value is -1.30. The van der Waals surface area contributed by atoms with Crippen molar-refractivity contribution in [1.29, 1.82) is 0 Å². The summed E-state index contributed by atoms with van der Waals surface area (Å²) in [4.78, 5) is 4.14. The normalized spacial score (nSPS) is 11.8. The van der Waals surface area contributed by atoms with Crippen molar-refractivity contribution in [2.45, 2.75) is 19.5 Å². The van der Waals surface area contributed by atoms with Crippen LogP contribution in [0.25, 0.3) is 5.69 Å². The maximum atomic E-state index is 12.5. The van der Waals surface area contributed by atoms with E-state index in [1.54, 1.807) is 17.0 Å². The molecule has 0 aliphatic carbocycles. The summed E-state index contributed by atoms with van der Waals surface area (Å²) in [6.45, 7) is 1.94. The van der Waals surface area contributed by atoms with E-state index >= 15 is 0 Å². The first-order chi connectivity index (χ1) is 8.43. The van der Waals surface area contributed by atoms with Gasteiger partial charge in [-0.3, -0.25) is 0 Å². The number of imidazole rings is 1. The molecule has 0 unspecified atom stereocenters. The second-order valence-electron chi connectivity index (χ2n) is 3.73.